The predicted octanol–water partition coefficient (Wildman–Crippen LogP) is 3.51. The summed E-state index contributed by atoms with van der Waals surface area (Å²) in [4.78, 5) is -0.500. The van der Waals surface area contributed by atoms with Gasteiger partial charge in [-0.3, -0.25) is 0 Å². The lowest BCUT2D eigenvalue weighted by molar-refractivity contribution is 0.217. The van der Waals surface area contributed by atoms with Gasteiger partial charge in [0.05, 0.1) is 5.88 Å². The Morgan fingerprint density at radius 2 is 1.95 bits per heavy atom. The first-order valence-electron chi connectivity index (χ1n) is 6.83. The van der Waals surface area contributed by atoms with Crippen LogP contribution in [0.2, 0.25) is 0 Å². The molecule has 0 amide bonds. The number of rotatable bonds is 3. The molecule has 0 bridgehead atoms. The maximum Gasteiger partial charge on any atom is 0.246 e. The van der Waals surface area contributed by atoms with Crippen molar-refractivity contribution in [3.8, 4) is 0 Å². The van der Waals surface area contributed by atoms with E-state index in [0.717, 1.165) is 25.0 Å². The summed E-state index contributed by atoms with van der Waals surface area (Å²) in [5.74, 6) is -2.11. The second-order valence-electron chi connectivity index (χ2n) is 5.58. The number of piperidine rings is 1. The Kier molecular flexibility index (Phi) is 4.90. The van der Waals surface area contributed by atoms with E-state index < -0.39 is 38.0 Å². The van der Waals surface area contributed by atoms with Crippen LogP contribution < -0.4 is 0 Å². The van der Waals surface area contributed by atoms with Crippen LogP contribution in [-0.4, -0.2) is 25.3 Å². The van der Waals surface area contributed by atoms with Crippen molar-refractivity contribution in [3.05, 3.63) is 29.3 Å². The van der Waals surface area contributed by atoms with Gasteiger partial charge < -0.3 is 0 Å². The van der Waals surface area contributed by atoms with E-state index in [1.807, 2.05) is 6.92 Å². The quantitative estimate of drug-likeness (QED) is 0.791. The molecule has 7 heteroatoms. The van der Waals surface area contributed by atoms with E-state index in [9.17, 15) is 17.2 Å². The van der Waals surface area contributed by atoms with E-state index in [2.05, 4.69) is 0 Å². The third-order valence-electron chi connectivity index (χ3n) is 3.93. The predicted molar refractivity (Wildman–Crippen MR) is 77.7 cm³/mol. The Labute approximate surface area is 129 Å². The monoisotopic (exact) mass is 337 g/mol. The van der Waals surface area contributed by atoms with Crippen molar-refractivity contribution in [2.75, 3.05) is 6.54 Å². The molecule has 1 saturated heterocycles. The lowest BCUT2D eigenvalue weighted by atomic mass is 9.97. The second-order valence-corrected chi connectivity index (χ2v) is 7.70. The van der Waals surface area contributed by atoms with E-state index in [4.69, 9.17) is 11.6 Å². The molecule has 2 unspecified atom stereocenters. The van der Waals surface area contributed by atoms with Gasteiger partial charge in [0.15, 0.2) is 5.82 Å². The van der Waals surface area contributed by atoms with Gasteiger partial charge in [-0.1, -0.05) is 6.92 Å². The van der Waals surface area contributed by atoms with Gasteiger partial charge in [0.25, 0.3) is 0 Å². The summed E-state index contributed by atoms with van der Waals surface area (Å²) < 4.78 is 54.4. The fourth-order valence-electron chi connectivity index (χ4n) is 2.61. The summed E-state index contributed by atoms with van der Waals surface area (Å²) in [6.07, 6.45) is 1.66. The van der Waals surface area contributed by atoms with Crippen LogP contribution in [0.5, 0.6) is 0 Å². The molecule has 0 aliphatic carbocycles. The maximum absolute atomic E-state index is 14.3. The average molecular weight is 338 g/mol. The van der Waals surface area contributed by atoms with Crippen LogP contribution in [0.4, 0.5) is 8.78 Å². The minimum Gasteiger partial charge on any atom is -0.207 e. The van der Waals surface area contributed by atoms with Crippen LogP contribution in [0.25, 0.3) is 0 Å². The molecular formula is C14H18ClF2NO2S. The second kappa shape index (κ2) is 6.18. The molecule has 3 nitrogen and oxygen atoms in total. The molecule has 0 N–H and O–H groups in total. The van der Waals surface area contributed by atoms with Crippen LogP contribution in [0, 0.1) is 17.6 Å². The van der Waals surface area contributed by atoms with Gasteiger partial charge in [-0.2, -0.15) is 4.31 Å². The molecule has 1 fully saturated rings. The molecule has 0 radical (unpaired) electrons. The van der Waals surface area contributed by atoms with Gasteiger partial charge in [-0.15, -0.1) is 11.6 Å². The van der Waals surface area contributed by atoms with Gasteiger partial charge in [0, 0.05) is 18.2 Å². The molecule has 0 aromatic heterocycles. The van der Waals surface area contributed by atoms with E-state index in [0.29, 0.717) is 6.54 Å². The number of halogens is 3. The molecule has 1 aromatic carbocycles. The van der Waals surface area contributed by atoms with Crippen LogP contribution in [0.15, 0.2) is 17.0 Å². The molecule has 118 valence electrons. The minimum absolute atomic E-state index is 0.199. The number of hydrogen-bond acceptors (Lipinski definition) is 2. The van der Waals surface area contributed by atoms with Crippen molar-refractivity contribution in [3.63, 3.8) is 0 Å². The fraction of sp³-hybridized carbons (Fsp3) is 0.571. The van der Waals surface area contributed by atoms with Crippen LogP contribution in [0.1, 0.15) is 32.3 Å². The van der Waals surface area contributed by atoms with Crippen LogP contribution in [-0.2, 0) is 15.9 Å². The Hall–Kier alpha value is -0.720. The molecule has 2 atom stereocenters. The molecule has 2 rings (SSSR count). The van der Waals surface area contributed by atoms with Crippen molar-refractivity contribution in [1.82, 2.24) is 4.31 Å². The van der Waals surface area contributed by atoms with E-state index in [1.165, 1.54) is 4.31 Å². The van der Waals surface area contributed by atoms with Gasteiger partial charge in [-0.25, -0.2) is 17.2 Å². The number of alkyl halides is 1. The van der Waals surface area contributed by atoms with Gasteiger partial charge >= 0.3 is 0 Å². The topological polar surface area (TPSA) is 37.4 Å². The van der Waals surface area contributed by atoms with Crippen molar-refractivity contribution in [2.24, 2.45) is 5.92 Å². The average Bonchev–Trinajstić information content (AvgIpc) is 2.41. The minimum atomic E-state index is -3.99. The molecule has 21 heavy (non-hydrogen) atoms. The Morgan fingerprint density at radius 3 is 2.57 bits per heavy atom. The summed E-state index contributed by atoms with van der Waals surface area (Å²) in [6, 6.07) is 1.73. The highest BCUT2D eigenvalue weighted by atomic mass is 35.5. The summed E-state index contributed by atoms with van der Waals surface area (Å²) in [7, 11) is -3.99. The SMILES string of the molecule is CC1CCC(C)N(S(=O)(=O)c2ccc(F)c(CCl)c2F)C1. The normalized spacial score (nSPS) is 24.2. The zero-order chi connectivity index (χ0) is 15.8. The highest BCUT2D eigenvalue weighted by Gasteiger charge is 2.35. The third-order valence-corrected chi connectivity index (χ3v) is 6.20. The fourth-order valence-corrected chi connectivity index (χ4v) is 4.72. The van der Waals surface area contributed by atoms with E-state index >= 15 is 0 Å². The van der Waals surface area contributed by atoms with Gasteiger partial charge in [0.2, 0.25) is 10.0 Å². The molecule has 1 aliphatic rings. The molecular weight excluding hydrogens is 320 g/mol. The zero-order valence-corrected chi connectivity index (χ0v) is 13.5. The van der Waals surface area contributed by atoms with Crippen molar-refractivity contribution in [1.29, 1.82) is 0 Å². The molecule has 1 heterocycles. The van der Waals surface area contributed by atoms with Gasteiger partial charge in [0.1, 0.15) is 10.7 Å². The number of benzene rings is 1. The number of nitrogens with zero attached hydrogens (tertiary/aromatic N) is 1. The van der Waals surface area contributed by atoms with Crippen molar-refractivity contribution in [2.45, 2.75) is 43.5 Å². The smallest absolute Gasteiger partial charge is 0.207 e. The first-order chi connectivity index (χ1) is 9.78. The zero-order valence-electron chi connectivity index (χ0n) is 11.9. The lowest BCUT2D eigenvalue weighted by Gasteiger charge is -2.35. The van der Waals surface area contributed by atoms with E-state index in [1.54, 1.807) is 6.92 Å². The molecule has 1 aliphatic heterocycles. The van der Waals surface area contributed by atoms with Crippen LogP contribution >= 0.6 is 11.6 Å². The lowest BCUT2D eigenvalue weighted by Crippen LogP contribution is -2.45. The maximum atomic E-state index is 14.3. The van der Waals surface area contributed by atoms with Crippen LogP contribution in [0.3, 0.4) is 0 Å². The van der Waals surface area contributed by atoms with Crippen molar-refractivity contribution >= 4 is 21.6 Å². The number of sulfonamides is 1. The molecule has 0 saturated carbocycles. The standard InChI is InChI=1S/C14H18ClF2NO2S/c1-9-3-4-10(2)18(8-9)21(19,20)13-6-5-12(16)11(7-15)14(13)17/h5-6,9-10H,3-4,7-8H2,1-2H3. The molecule has 0 spiro atoms. The summed E-state index contributed by atoms with van der Waals surface area (Å²) >= 11 is 5.51. The van der Waals surface area contributed by atoms with E-state index in [-0.39, 0.29) is 12.0 Å². The third kappa shape index (κ3) is 3.07. The van der Waals surface area contributed by atoms with Crippen molar-refractivity contribution < 1.29 is 17.2 Å². The Morgan fingerprint density at radius 1 is 1.29 bits per heavy atom. The summed E-state index contributed by atoms with van der Waals surface area (Å²) in [5.41, 5.74) is -0.407. The first kappa shape index (κ1) is 16.6. The summed E-state index contributed by atoms with van der Waals surface area (Å²) in [5, 5.41) is 0. The Bertz CT molecular complexity index is 636. The number of hydrogen-bond donors (Lipinski definition) is 0. The van der Waals surface area contributed by atoms with Gasteiger partial charge in [-0.05, 0) is 37.8 Å². The highest BCUT2D eigenvalue weighted by molar-refractivity contribution is 7.89. The largest absolute Gasteiger partial charge is 0.246 e. The highest BCUT2D eigenvalue weighted by Crippen LogP contribution is 2.30. The summed E-state index contributed by atoms with van der Waals surface area (Å²) in [6.45, 7) is 4.10. The Balaban J connectivity index is 2.49. The molecule has 1 aromatic rings. The first-order valence-corrected chi connectivity index (χ1v) is 8.81.